The smallest absolute Gasteiger partial charge is 0.255 e. The number of hydrogen-bond acceptors (Lipinski definition) is 4. The number of ether oxygens (including phenoxy) is 2. The zero-order valence-electron chi connectivity index (χ0n) is 16.9. The molecule has 0 aliphatic carbocycles. The Labute approximate surface area is 173 Å². The third kappa shape index (κ3) is 5.37. The Bertz CT molecular complexity index is 811. The lowest BCUT2D eigenvalue weighted by atomic mass is 10.1. The van der Waals surface area contributed by atoms with Crippen LogP contribution in [0.2, 0.25) is 0 Å². The Hall–Kier alpha value is -2.37. The van der Waals surface area contributed by atoms with Crippen molar-refractivity contribution in [3.05, 3.63) is 65.2 Å². The van der Waals surface area contributed by atoms with Gasteiger partial charge in [-0.3, -0.25) is 9.69 Å². The molecule has 1 amide bonds. The van der Waals surface area contributed by atoms with Crippen LogP contribution in [0, 0.1) is 0 Å². The first-order valence-corrected chi connectivity index (χ1v) is 10.7. The first-order chi connectivity index (χ1) is 14.3. The number of para-hydroxylation sites is 1. The number of nitrogens with one attached hydrogen (secondary N) is 1. The van der Waals surface area contributed by atoms with Gasteiger partial charge in [-0.25, -0.2) is 0 Å². The van der Waals surface area contributed by atoms with E-state index in [0.29, 0.717) is 24.5 Å². The van der Waals surface area contributed by atoms with Crippen molar-refractivity contribution >= 4 is 5.91 Å². The Morgan fingerprint density at radius 3 is 2.59 bits per heavy atom. The van der Waals surface area contributed by atoms with E-state index in [-0.39, 0.29) is 12.0 Å². The van der Waals surface area contributed by atoms with Gasteiger partial charge in [0, 0.05) is 19.7 Å². The molecule has 5 heteroatoms. The molecule has 1 N–H and O–H groups in total. The molecular formula is C24H30N2O3. The predicted molar refractivity (Wildman–Crippen MR) is 113 cm³/mol. The van der Waals surface area contributed by atoms with Crippen LogP contribution >= 0.6 is 0 Å². The van der Waals surface area contributed by atoms with E-state index in [4.69, 9.17) is 9.47 Å². The van der Waals surface area contributed by atoms with Gasteiger partial charge in [-0.2, -0.15) is 0 Å². The first-order valence-electron chi connectivity index (χ1n) is 10.7. The number of likely N-dealkylation sites (tertiary alicyclic amines) is 1. The molecule has 2 saturated heterocycles. The minimum absolute atomic E-state index is 0.107. The Kier molecular flexibility index (Phi) is 6.80. The zero-order chi connectivity index (χ0) is 19.9. The molecule has 5 nitrogen and oxygen atoms in total. The third-order valence-corrected chi connectivity index (χ3v) is 5.73. The maximum atomic E-state index is 12.9. The number of carbonyl (C=O) groups is 1. The maximum Gasteiger partial charge on any atom is 0.255 e. The van der Waals surface area contributed by atoms with Crippen molar-refractivity contribution in [3.63, 3.8) is 0 Å². The van der Waals surface area contributed by atoms with Crippen LogP contribution in [-0.4, -0.2) is 43.2 Å². The summed E-state index contributed by atoms with van der Waals surface area (Å²) in [6.07, 6.45) is 4.78. The average Bonchev–Trinajstić information content (AvgIpc) is 3.46. The Balaban J connectivity index is 1.37. The number of benzene rings is 2. The van der Waals surface area contributed by atoms with Crippen LogP contribution in [0.5, 0.6) is 5.75 Å². The van der Waals surface area contributed by atoms with E-state index in [1.165, 1.54) is 24.0 Å². The number of amides is 1. The first kappa shape index (κ1) is 19.9. The fourth-order valence-electron chi connectivity index (χ4n) is 4.08. The summed E-state index contributed by atoms with van der Waals surface area (Å²) in [5.41, 5.74) is 3.03. The lowest BCUT2D eigenvalue weighted by Gasteiger charge is -2.18. The molecule has 2 aliphatic rings. The second kappa shape index (κ2) is 9.90. The largest absolute Gasteiger partial charge is 0.490 e. The van der Waals surface area contributed by atoms with Gasteiger partial charge in [-0.05, 0) is 62.0 Å². The van der Waals surface area contributed by atoms with Gasteiger partial charge in [0.25, 0.3) is 5.91 Å². The highest BCUT2D eigenvalue weighted by Crippen LogP contribution is 2.21. The lowest BCUT2D eigenvalue weighted by Crippen LogP contribution is -2.26. The third-order valence-electron chi connectivity index (χ3n) is 5.73. The van der Waals surface area contributed by atoms with Gasteiger partial charge < -0.3 is 14.8 Å². The second-order valence-corrected chi connectivity index (χ2v) is 7.88. The molecule has 0 aromatic heterocycles. The van der Waals surface area contributed by atoms with E-state index in [0.717, 1.165) is 39.1 Å². The predicted octanol–water partition coefficient (Wildman–Crippen LogP) is 3.77. The number of hydrogen-bond donors (Lipinski definition) is 1. The number of nitrogens with zero attached hydrogens (tertiary/aromatic N) is 1. The van der Waals surface area contributed by atoms with Crippen molar-refractivity contribution in [1.29, 1.82) is 0 Å². The van der Waals surface area contributed by atoms with E-state index in [1.807, 2.05) is 30.3 Å². The average molecular weight is 395 g/mol. The van der Waals surface area contributed by atoms with Gasteiger partial charge in [0.2, 0.25) is 0 Å². The van der Waals surface area contributed by atoms with E-state index < -0.39 is 0 Å². The molecule has 154 valence electrons. The van der Waals surface area contributed by atoms with Crippen molar-refractivity contribution in [3.8, 4) is 5.75 Å². The van der Waals surface area contributed by atoms with Crippen LogP contribution in [0.25, 0.3) is 0 Å². The van der Waals surface area contributed by atoms with Crippen molar-refractivity contribution in [2.45, 2.75) is 44.9 Å². The molecular weight excluding hydrogens is 364 g/mol. The van der Waals surface area contributed by atoms with Crippen LogP contribution in [0.4, 0.5) is 0 Å². The minimum atomic E-state index is -0.107. The summed E-state index contributed by atoms with van der Waals surface area (Å²) >= 11 is 0. The SMILES string of the molecule is O=C(NCc1ccccc1CN1CCCC1)c1ccccc1OCC1CCCO1. The van der Waals surface area contributed by atoms with Crippen LogP contribution in [-0.2, 0) is 17.8 Å². The van der Waals surface area contributed by atoms with Crippen LogP contribution in [0.3, 0.4) is 0 Å². The molecule has 0 radical (unpaired) electrons. The van der Waals surface area contributed by atoms with Gasteiger partial charge >= 0.3 is 0 Å². The molecule has 0 bridgehead atoms. The molecule has 1 unspecified atom stereocenters. The van der Waals surface area contributed by atoms with Crippen LogP contribution in [0.1, 0.15) is 47.2 Å². The summed E-state index contributed by atoms with van der Waals surface area (Å²) in [6, 6.07) is 15.8. The second-order valence-electron chi connectivity index (χ2n) is 7.88. The van der Waals surface area contributed by atoms with Crippen molar-refractivity contribution in [2.75, 3.05) is 26.3 Å². The molecule has 2 aromatic rings. The maximum absolute atomic E-state index is 12.9. The summed E-state index contributed by atoms with van der Waals surface area (Å²) in [4.78, 5) is 15.3. The molecule has 1 atom stereocenters. The monoisotopic (exact) mass is 394 g/mol. The summed E-state index contributed by atoms with van der Waals surface area (Å²) in [6.45, 7) is 5.08. The molecule has 0 spiro atoms. The highest BCUT2D eigenvalue weighted by atomic mass is 16.5. The fraction of sp³-hybridized carbons (Fsp3) is 0.458. The van der Waals surface area contributed by atoms with Gasteiger partial charge in [0.05, 0.1) is 11.7 Å². The minimum Gasteiger partial charge on any atom is -0.490 e. The van der Waals surface area contributed by atoms with Crippen molar-refractivity contribution in [2.24, 2.45) is 0 Å². The summed E-state index contributed by atoms with van der Waals surface area (Å²) in [5.74, 6) is 0.509. The zero-order valence-corrected chi connectivity index (χ0v) is 16.9. The number of carbonyl (C=O) groups excluding carboxylic acids is 1. The van der Waals surface area contributed by atoms with E-state index >= 15 is 0 Å². The highest BCUT2D eigenvalue weighted by Gasteiger charge is 2.19. The van der Waals surface area contributed by atoms with Gasteiger partial charge in [-0.1, -0.05) is 36.4 Å². The molecule has 2 fully saturated rings. The number of rotatable bonds is 8. The van der Waals surface area contributed by atoms with Gasteiger partial charge in [0.15, 0.2) is 0 Å². The molecule has 0 saturated carbocycles. The molecule has 2 aliphatic heterocycles. The summed E-state index contributed by atoms with van der Waals surface area (Å²) in [5, 5.41) is 3.08. The Morgan fingerprint density at radius 1 is 1.03 bits per heavy atom. The Morgan fingerprint density at radius 2 is 1.79 bits per heavy atom. The quantitative estimate of drug-likeness (QED) is 0.741. The molecule has 4 rings (SSSR count). The van der Waals surface area contributed by atoms with E-state index in [9.17, 15) is 4.79 Å². The molecule has 2 aromatic carbocycles. The fourth-order valence-corrected chi connectivity index (χ4v) is 4.08. The highest BCUT2D eigenvalue weighted by molar-refractivity contribution is 5.96. The van der Waals surface area contributed by atoms with E-state index in [2.05, 4.69) is 28.4 Å². The van der Waals surface area contributed by atoms with Crippen LogP contribution < -0.4 is 10.1 Å². The molecule has 2 heterocycles. The van der Waals surface area contributed by atoms with E-state index in [1.54, 1.807) is 0 Å². The normalized spacial score (nSPS) is 19.4. The summed E-state index contributed by atoms with van der Waals surface area (Å²) < 4.78 is 11.5. The van der Waals surface area contributed by atoms with Gasteiger partial charge in [0.1, 0.15) is 12.4 Å². The van der Waals surface area contributed by atoms with Crippen molar-refractivity contribution in [1.82, 2.24) is 10.2 Å². The summed E-state index contributed by atoms with van der Waals surface area (Å²) in [7, 11) is 0. The lowest BCUT2D eigenvalue weighted by molar-refractivity contribution is 0.0670. The standard InChI is InChI=1S/C24H30N2O3/c27-24(22-11-3-4-12-23(22)29-18-21-10-7-15-28-21)25-16-19-8-1-2-9-20(19)17-26-13-5-6-14-26/h1-4,8-9,11-12,21H,5-7,10,13-18H2,(H,25,27). The molecule has 29 heavy (non-hydrogen) atoms. The van der Waals surface area contributed by atoms with Gasteiger partial charge in [-0.15, -0.1) is 0 Å². The topological polar surface area (TPSA) is 50.8 Å². The van der Waals surface area contributed by atoms with Crippen molar-refractivity contribution < 1.29 is 14.3 Å². The van der Waals surface area contributed by atoms with Crippen LogP contribution in [0.15, 0.2) is 48.5 Å².